The fourth-order valence-corrected chi connectivity index (χ4v) is 3.55. The van der Waals surface area contributed by atoms with E-state index in [1.54, 1.807) is 0 Å². The van der Waals surface area contributed by atoms with Crippen molar-refractivity contribution in [2.45, 2.75) is 128 Å². The van der Waals surface area contributed by atoms with Crippen molar-refractivity contribution in [1.82, 2.24) is 0 Å². The van der Waals surface area contributed by atoms with Gasteiger partial charge in [0.2, 0.25) is 0 Å². The van der Waals surface area contributed by atoms with Crippen LogP contribution in [0.4, 0.5) is 0 Å². The van der Waals surface area contributed by atoms with E-state index in [1.165, 1.54) is 64.2 Å². The number of carboxylic acids is 1. The van der Waals surface area contributed by atoms with Gasteiger partial charge in [-0.05, 0) is 32.2 Å². The first-order chi connectivity index (χ1) is 13.6. The number of carboxylic acid groups (broad SMARTS) is 1. The number of hydrogen-bond acceptors (Lipinski definition) is 4. The molecule has 0 aliphatic carbocycles. The Bertz CT molecular complexity index is 375. The molecule has 0 rings (SSSR count). The molecule has 0 aliphatic rings. The van der Waals surface area contributed by atoms with Crippen LogP contribution >= 0.6 is 0 Å². The maximum absolute atomic E-state index is 11.9. The summed E-state index contributed by atoms with van der Waals surface area (Å²) in [5.74, 6) is -0.453. The number of aliphatic carboxylic acids is 1. The highest BCUT2D eigenvalue weighted by atomic mass is 16.4. The minimum Gasteiger partial charge on any atom is -0.481 e. The van der Waals surface area contributed by atoms with Crippen molar-refractivity contribution >= 4 is 11.8 Å². The lowest BCUT2D eigenvalue weighted by molar-refractivity contribution is -0.137. The van der Waals surface area contributed by atoms with Gasteiger partial charge in [-0.3, -0.25) is 9.59 Å². The molecule has 0 saturated heterocycles. The van der Waals surface area contributed by atoms with Gasteiger partial charge in [-0.25, -0.2) is 0 Å². The Morgan fingerprint density at radius 3 is 1.39 bits per heavy atom. The Balaban J connectivity index is 3.21. The third kappa shape index (κ3) is 19.8. The summed E-state index contributed by atoms with van der Waals surface area (Å²) in [6, 6.07) is -0.281. The van der Waals surface area contributed by atoms with Gasteiger partial charge in [-0.1, -0.05) is 83.5 Å². The maximum atomic E-state index is 11.9. The molecule has 28 heavy (non-hydrogen) atoms. The van der Waals surface area contributed by atoms with Crippen LogP contribution < -0.4 is 11.5 Å². The number of Topliss-reactive ketones (excluding diaryl/α,β-unsaturated/α-hetero) is 1. The van der Waals surface area contributed by atoms with E-state index in [0.29, 0.717) is 19.4 Å². The molecule has 0 amide bonds. The average Bonchev–Trinajstić information content (AvgIpc) is 2.67. The summed E-state index contributed by atoms with van der Waals surface area (Å²) in [6.45, 7) is 0.678. The third-order valence-electron chi connectivity index (χ3n) is 5.45. The lowest BCUT2D eigenvalue weighted by Crippen LogP contribution is -2.30. The van der Waals surface area contributed by atoms with Gasteiger partial charge < -0.3 is 16.6 Å². The number of nitrogens with two attached hydrogens (primary N) is 2. The molecule has 0 saturated carbocycles. The molecule has 0 radical (unpaired) electrons. The van der Waals surface area contributed by atoms with E-state index >= 15 is 0 Å². The van der Waals surface area contributed by atoms with E-state index in [4.69, 9.17) is 16.6 Å². The minimum absolute atomic E-state index is 0.221. The van der Waals surface area contributed by atoms with E-state index in [1.807, 2.05) is 0 Å². The summed E-state index contributed by atoms with van der Waals surface area (Å²) in [5, 5.41) is 8.57. The Morgan fingerprint density at radius 1 is 0.607 bits per heavy atom. The highest BCUT2D eigenvalue weighted by molar-refractivity contribution is 5.83. The minimum atomic E-state index is -0.674. The van der Waals surface area contributed by atoms with E-state index in [2.05, 4.69) is 0 Å². The molecule has 0 aromatic carbocycles. The van der Waals surface area contributed by atoms with Crippen molar-refractivity contribution in [3.63, 3.8) is 0 Å². The van der Waals surface area contributed by atoms with Gasteiger partial charge in [0.15, 0.2) is 0 Å². The fraction of sp³-hybridized carbons (Fsp3) is 0.913. The topological polar surface area (TPSA) is 106 Å². The predicted molar refractivity (Wildman–Crippen MR) is 117 cm³/mol. The largest absolute Gasteiger partial charge is 0.481 e. The summed E-state index contributed by atoms with van der Waals surface area (Å²) in [6.07, 6.45) is 20.5. The van der Waals surface area contributed by atoms with E-state index in [-0.39, 0.29) is 11.8 Å². The molecule has 0 heterocycles. The second-order valence-electron chi connectivity index (χ2n) is 8.20. The lowest BCUT2D eigenvalue weighted by Gasteiger charge is -2.10. The Labute approximate surface area is 173 Å². The molecule has 0 bridgehead atoms. The normalized spacial score (nSPS) is 12.2. The van der Waals surface area contributed by atoms with Crippen molar-refractivity contribution in [3.8, 4) is 0 Å². The molecule has 0 fully saturated rings. The Morgan fingerprint density at radius 2 is 1.00 bits per heavy atom. The molecule has 0 aromatic heterocycles. The number of unbranched alkanes of at least 4 members (excludes halogenated alkanes) is 14. The number of ketones is 1. The molecule has 5 nitrogen and oxygen atoms in total. The van der Waals surface area contributed by atoms with Gasteiger partial charge in [-0.15, -0.1) is 0 Å². The average molecular weight is 399 g/mol. The van der Waals surface area contributed by atoms with E-state index in [0.717, 1.165) is 44.9 Å². The quantitative estimate of drug-likeness (QED) is 0.213. The highest BCUT2D eigenvalue weighted by Gasteiger charge is 2.12. The third-order valence-corrected chi connectivity index (χ3v) is 5.45. The van der Waals surface area contributed by atoms with Crippen LogP contribution in [0.25, 0.3) is 0 Å². The molecule has 166 valence electrons. The van der Waals surface area contributed by atoms with Crippen LogP contribution in [0, 0.1) is 0 Å². The van der Waals surface area contributed by atoms with Crippen molar-refractivity contribution in [3.05, 3.63) is 0 Å². The SMILES string of the molecule is NCCCC[C@H](N)C(=O)CCCCCCCCCCCCCCCCC(=O)O. The first-order valence-electron chi connectivity index (χ1n) is 11.8. The van der Waals surface area contributed by atoms with E-state index < -0.39 is 5.97 Å². The number of carbonyl (C=O) groups excluding carboxylic acids is 1. The van der Waals surface area contributed by atoms with Gasteiger partial charge in [-0.2, -0.15) is 0 Å². The summed E-state index contributed by atoms with van der Waals surface area (Å²) in [7, 11) is 0. The standard InChI is InChI=1S/C23H46N2O3/c24-20-16-15-17-21(25)22(26)18-13-11-9-7-5-3-1-2-4-6-8-10-12-14-19-23(27)28/h21H,1-20,24-25H2,(H,27,28)/t21-/m0/s1. The van der Waals surface area contributed by atoms with Crippen LogP contribution in [-0.4, -0.2) is 29.4 Å². The second kappa shape index (κ2) is 20.8. The second-order valence-corrected chi connectivity index (χ2v) is 8.20. The van der Waals surface area contributed by atoms with Crippen molar-refractivity contribution in [1.29, 1.82) is 0 Å². The number of rotatable bonds is 22. The Hall–Kier alpha value is -0.940. The highest BCUT2D eigenvalue weighted by Crippen LogP contribution is 2.14. The molecule has 0 spiro atoms. The summed E-state index contributed by atoms with van der Waals surface area (Å²) >= 11 is 0. The monoisotopic (exact) mass is 398 g/mol. The van der Waals surface area contributed by atoms with Crippen molar-refractivity contribution < 1.29 is 14.7 Å². The molecular weight excluding hydrogens is 352 g/mol. The van der Waals surface area contributed by atoms with Crippen molar-refractivity contribution in [2.24, 2.45) is 11.5 Å². The lowest BCUT2D eigenvalue weighted by atomic mass is 10.0. The molecule has 0 unspecified atom stereocenters. The van der Waals surface area contributed by atoms with Crippen LogP contribution in [0.1, 0.15) is 122 Å². The van der Waals surface area contributed by atoms with Crippen molar-refractivity contribution in [2.75, 3.05) is 6.54 Å². The van der Waals surface area contributed by atoms with Crippen LogP contribution in [-0.2, 0) is 9.59 Å². The fourth-order valence-electron chi connectivity index (χ4n) is 3.55. The molecule has 5 N–H and O–H groups in total. The number of hydrogen-bond donors (Lipinski definition) is 3. The zero-order valence-corrected chi connectivity index (χ0v) is 18.1. The Kier molecular flexibility index (Phi) is 20.1. The van der Waals surface area contributed by atoms with Gasteiger partial charge in [0, 0.05) is 12.8 Å². The van der Waals surface area contributed by atoms with E-state index in [9.17, 15) is 9.59 Å². The van der Waals surface area contributed by atoms with Crippen LogP contribution in [0.15, 0.2) is 0 Å². The molecular formula is C23H46N2O3. The zero-order chi connectivity index (χ0) is 20.9. The van der Waals surface area contributed by atoms with Gasteiger partial charge >= 0.3 is 5.97 Å². The summed E-state index contributed by atoms with van der Waals surface area (Å²) < 4.78 is 0. The molecule has 0 aromatic rings. The molecule has 1 atom stereocenters. The van der Waals surface area contributed by atoms with Crippen LogP contribution in [0.5, 0.6) is 0 Å². The number of carbonyl (C=O) groups is 2. The zero-order valence-electron chi connectivity index (χ0n) is 18.1. The predicted octanol–water partition coefficient (Wildman–Crippen LogP) is 5.34. The van der Waals surface area contributed by atoms with Gasteiger partial charge in [0.05, 0.1) is 6.04 Å². The van der Waals surface area contributed by atoms with Crippen LogP contribution in [0.3, 0.4) is 0 Å². The summed E-state index contributed by atoms with van der Waals surface area (Å²) in [4.78, 5) is 22.3. The summed E-state index contributed by atoms with van der Waals surface area (Å²) in [5.41, 5.74) is 11.4. The first-order valence-corrected chi connectivity index (χ1v) is 11.8. The molecule has 0 aliphatic heterocycles. The smallest absolute Gasteiger partial charge is 0.303 e. The molecule has 5 heteroatoms. The maximum Gasteiger partial charge on any atom is 0.303 e. The van der Waals surface area contributed by atoms with Gasteiger partial charge in [0.1, 0.15) is 5.78 Å². The van der Waals surface area contributed by atoms with Gasteiger partial charge in [0.25, 0.3) is 0 Å². The van der Waals surface area contributed by atoms with Crippen LogP contribution in [0.2, 0.25) is 0 Å². The first kappa shape index (κ1) is 27.1.